The first-order chi connectivity index (χ1) is 9.72. The molecule has 2 N–H and O–H groups in total. The second-order valence-electron chi connectivity index (χ2n) is 4.40. The molecule has 5 nitrogen and oxygen atoms in total. The van der Waals surface area contributed by atoms with Gasteiger partial charge in [0.05, 0.1) is 6.61 Å². The van der Waals surface area contributed by atoms with Crippen LogP contribution in [-0.2, 0) is 6.54 Å². The summed E-state index contributed by atoms with van der Waals surface area (Å²) in [5.74, 6) is 1.47. The molecule has 0 fully saturated rings. The monoisotopic (exact) mass is 272 g/mol. The van der Waals surface area contributed by atoms with Gasteiger partial charge in [-0.2, -0.15) is 0 Å². The Kier molecular flexibility index (Phi) is 4.76. The molecular weight excluding hydrogens is 252 g/mol. The van der Waals surface area contributed by atoms with Crippen molar-refractivity contribution in [3.8, 4) is 5.88 Å². The molecule has 0 atom stereocenters. The van der Waals surface area contributed by atoms with Crippen molar-refractivity contribution in [3.05, 3.63) is 42.2 Å². The van der Waals surface area contributed by atoms with E-state index in [1.807, 2.05) is 37.3 Å². The van der Waals surface area contributed by atoms with Gasteiger partial charge < -0.3 is 15.4 Å². The number of hydrogen-bond acceptors (Lipinski definition) is 5. The molecule has 5 heteroatoms. The van der Waals surface area contributed by atoms with Gasteiger partial charge in [0.25, 0.3) is 0 Å². The Balaban J connectivity index is 2.15. The van der Waals surface area contributed by atoms with Gasteiger partial charge in [-0.15, -0.1) is 0 Å². The zero-order chi connectivity index (χ0) is 14.4. The van der Waals surface area contributed by atoms with Gasteiger partial charge in [-0.25, -0.2) is 9.97 Å². The van der Waals surface area contributed by atoms with Crippen molar-refractivity contribution in [2.45, 2.75) is 20.4 Å². The average Bonchev–Trinajstić information content (AvgIpc) is 2.47. The van der Waals surface area contributed by atoms with Crippen LogP contribution in [0.2, 0.25) is 0 Å². The minimum Gasteiger partial charge on any atom is -0.478 e. The van der Waals surface area contributed by atoms with E-state index in [-0.39, 0.29) is 0 Å². The fraction of sp³-hybridized carbons (Fsp3) is 0.333. The van der Waals surface area contributed by atoms with E-state index in [2.05, 4.69) is 21.8 Å². The van der Waals surface area contributed by atoms with E-state index in [0.717, 1.165) is 24.6 Å². The molecule has 0 unspecified atom stereocenters. The van der Waals surface area contributed by atoms with Crippen LogP contribution in [0.4, 0.5) is 11.5 Å². The van der Waals surface area contributed by atoms with E-state index in [9.17, 15) is 0 Å². The lowest BCUT2D eigenvalue weighted by molar-refractivity contribution is 0.326. The smallest absolute Gasteiger partial charge is 0.218 e. The maximum Gasteiger partial charge on any atom is 0.218 e. The second kappa shape index (κ2) is 6.75. The van der Waals surface area contributed by atoms with Crippen LogP contribution >= 0.6 is 0 Å². The van der Waals surface area contributed by atoms with Gasteiger partial charge in [-0.05, 0) is 31.5 Å². The van der Waals surface area contributed by atoms with Crippen molar-refractivity contribution in [2.75, 3.05) is 23.8 Å². The Bertz CT molecular complexity index is 542. The Labute approximate surface area is 119 Å². The summed E-state index contributed by atoms with van der Waals surface area (Å²) in [5.41, 5.74) is 7.67. The lowest BCUT2D eigenvalue weighted by Gasteiger charge is -2.22. The third-order valence-corrected chi connectivity index (χ3v) is 2.98. The maximum absolute atomic E-state index is 5.70. The summed E-state index contributed by atoms with van der Waals surface area (Å²) in [4.78, 5) is 10.6. The number of nitrogen functional groups attached to an aromatic ring is 1. The molecule has 0 spiro atoms. The molecule has 2 aromatic rings. The number of benzene rings is 1. The Morgan fingerprint density at radius 2 is 1.90 bits per heavy atom. The van der Waals surface area contributed by atoms with Crippen LogP contribution in [0.3, 0.4) is 0 Å². The van der Waals surface area contributed by atoms with Crippen molar-refractivity contribution in [3.63, 3.8) is 0 Å². The number of ether oxygens (including phenoxy) is 1. The Morgan fingerprint density at radius 3 is 2.55 bits per heavy atom. The molecule has 1 aromatic heterocycles. The van der Waals surface area contributed by atoms with Crippen LogP contribution in [0.25, 0.3) is 0 Å². The van der Waals surface area contributed by atoms with Crippen molar-refractivity contribution in [2.24, 2.45) is 0 Å². The van der Waals surface area contributed by atoms with Crippen LogP contribution in [0.5, 0.6) is 5.88 Å². The van der Waals surface area contributed by atoms with Gasteiger partial charge in [0.1, 0.15) is 12.1 Å². The van der Waals surface area contributed by atoms with E-state index >= 15 is 0 Å². The fourth-order valence-corrected chi connectivity index (χ4v) is 1.93. The molecule has 0 aliphatic rings. The summed E-state index contributed by atoms with van der Waals surface area (Å²) in [6.07, 6.45) is 1.53. The highest BCUT2D eigenvalue weighted by atomic mass is 16.5. The fourth-order valence-electron chi connectivity index (χ4n) is 1.93. The Hall–Kier alpha value is -2.30. The normalized spacial score (nSPS) is 10.3. The summed E-state index contributed by atoms with van der Waals surface area (Å²) < 4.78 is 5.41. The van der Waals surface area contributed by atoms with Gasteiger partial charge in [0, 0.05) is 24.8 Å². The first-order valence-corrected chi connectivity index (χ1v) is 6.77. The molecule has 0 bridgehead atoms. The van der Waals surface area contributed by atoms with Crippen LogP contribution in [-0.4, -0.2) is 23.1 Å². The first-order valence-electron chi connectivity index (χ1n) is 6.77. The molecule has 0 radical (unpaired) electrons. The van der Waals surface area contributed by atoms with Gasteiger partial charge in [0.15, 0.2) is 0 Å². The van der Waals surface area contributed by atoms with Crippen LogP contribution in [0.15, 0.2) is 36.7 Å². The van der Waals surface area contributed by atoms with Crippen molar-refractivity contribution in [1.29, 1.82) is 0 Å². The molecule has 0 saturated carbocycles. The number of rotatable bonds is 6. The number of nitrogens with two attached hydrogens (primary N) is 1. The summed E-state index contributed by atoms with van der Waals surface area (Å²) in [6, 6.07) is 9.75. The lowest BCUT2D eigenvalue weighted by Crippen LogP contribution is -2.23. The van der Waals surface area contributed by atoms with E-state index in [4.69, 9.17) is 10.5 Å². The zero-order valence-corrected chi connectivity index (χ0v) is 11.9. The third-order valence-electron chi connectivity index (χ3n) is 2.98. The van der Waals surface area contributed by atoms with E-state index in [1.165, 1.54) is 11.9 Å². The van der Waals surface area contributed by atoms with Crippen LogP contribution in [0.1, 0.15) is 19.4 Å². The van der Waals surface area contributed by atoms with Gasteiger partial charge in [-0.3, -0.25) is 0 Å². The topological polar surface area (TPSA) is 64.3 Å². The largest absolute Gasteiger partial charge is 0.478 e. The highest BCUT2D eigenvalue weighted by Crippen LogP contribution is 2.18. The molecule has 1 aromatic carbocycles. The van der Waals surface area contributed by atoms with Crippen molar-refractivity contribution >= 4 is 11.5 Å². The SMILES string of the molecule is CCOc1cc(N(CC)Cc2ccc(N)cc2)ncn1. The lowest BCUT2D eigenvalue weighted by atomic mass is 10.2. The van der Waals surface area contributed by atoms with Crippen LogP contribution < -0.4 is 15.4 Å². The molecule has 106 valence electrons. The summed E-state index contributed by atoms with van der Waals surface area (Å²) in [7, 11) is 0. The molecule has 0 amide bonds. The molecule has 0 aliphatic heterocycles. The molecule has 20 heavy (non-hydrogen) atoms. The Morgan fingerprint density at radius 1 is 1.15 bits per heavy atom. The number of aromatic nitrogens is 2. The summed E-state index contributed by atoms with van der Waals surface area (Å²) in [5, 5.41) is 0. The minimum atomic E-state index is 0.598. The average molecular weight is 272 g/mol. The standard InChI is InChI=1S/C15H20N4O/c1-3-19(10-12-5-7-13(16)8-6-12)14-9-15(20-4-2)18-11-17-14/h5-9,11H,3-4,10,16H2,1-2H3. The molecule has 0 saturated heterocycles. The van der Waals surface area contributed by atoms with Gasteiger partial charge >= 0.3 is 0 Å². The molecule has 2 rings (SSSR count). The highest BCUT2D eigenvalue weighted by Gasteiger charge is 2.08. The molecular formula is C15H20N4O. The number of nitrogens with zero attached hydrogens (tertiary/aromatic N) is 3. The van der Waals surface area contributed by atoms with Gasteiger partial charge in [-0.1, -0.05) is 12.1 Å². The predicted molar refractivity (Wildman–Crippen MR) is 80.8 cm³/mol. The predicted octanol–water partition coefficient (Wildman–Crippen LogP) is 2.48. The van der Waals surface area contributed by atoms with E-state index in [1.54, 1.807) is 0 Å². The summed E-state index contributed by atoms with van der Waals surface area (Å²) >= 11 is 0. The van der Waals surface area contributed by atoms with Crippen molar-refractivity contribution < 1.29 is 4.74 Å². The third kappa shape index (κ3) is 3.60. The van der Waals surface area contributed by atoms with Crippen molar-refractivity contribution in [1.82, 2.24) is 9.97 Å². The highest BCUT2D eigenvalue weighted by molar-refractivity contribution is 5.44. The molecule has 0 aliphatic carbocycles. The van der Waals surface area contributed by atoms with Gasteiger partial charge in [0.2, 0.25) is 5.88 Å². The van der Waals surface area contributed by atoms with Crippen LogP contribution in [0, 0.1) is 0 Å². The molecule has 1 heterocycles. The van der Waals surface area contributed by atoms with E-state index < -0.39 is 0 Å². The quantitative estimate of drug-likeness (QED) is 0.818. The zero-order valence-electron chi connectivity index (χ0n) is 11.9. The number of hydrogen-bond donors (Lipinski definition) is 1. The first kappa shape index (κ1) is 14.1. The number of anilines is 2. The second-order valence-corrected chi connectivity index (χ2v) is 4.40. The minimum absolute atomic E-state index is 0.598. The van der Waals surface area contributed by atoms with E-state index in [0.29, 0.717) is 12.5 Å². The maximum atomic E-state index is 5.70. The summed E-state index contributed by atoms with van der Waals surface area (Å²) in [6.45, 7) is 6.26.